The maximum absolute atomic E-state index is 5.99. The molecule has 0 saturated carbocycles. The van der Waals surface area contributed by atoms with Gasteiger partial charge in [0.15, 0.2) is 5.82 Å². The average molecular weight is 266 g/mol. The van der Waals surface area contributed by atoms with Crippen LogP contribution in [0.3, 0.4) is 0 Å². The summed E-state index contributed by atoms with van der Waals surface area (Å²) in [6.07, 6.45) is 1.08. The van der Waals surface area contributed by atoms with Gasteiger partial charge in [0, 0.05) is 22.8 Å². The van der Waals surface area contributed by atoms with Crippen molar-refractivity contribution in [2.24, 2.45) is 5.92 Å². The number of benzene rings is 1. The van der Waals surface area contributed by atoms with Crippen molar-refractivity contribution in [1.29, 1.82) is 0 Å². The second-order valence-corrected chi connectivity index (χ2v) is 4.91. The Morgan fingerprint density at radius 3 is 2.83 bits per heavy atom. The van der Waals surface area contributed by atoms with Gasteiger partial charge in [-0.2, -0.15) is 0 Å². The first kappa shape index (κ1) is 12.8. The van der Waals surface area contributed by atoms with E-state index in [1.54, 1.807) is 10.7 Å². The third-order valence-electron chi connectivity index (χ3n) is 2.89. The maximum atomic E-state index is 5.99. The first-order valence-electron chi connectivity index (χ1n) is 5.92. The zero-order valence-electron chi connectivity index (χ0n) is 10.5. The Bertz CT molecular complexity index is 517. The summed E-state index contributed by atoms with van der Waals surface area (Å²) < 4.78 is 1.79. The molecule has 1 unspecified atom stereocenters. The van der Waals surface area contributed by atoms with Crippen LogP contribution in [0.4, 0.5) is 5.69 Å². The third-order valence-corrected chi connectivity index (χ3v) is 3.11. The van der Waals surface area contributed by atoms with Gasteiger partial charge in [-0.05, 0) is 34.5 Å². The number of nitrogens with two attached hydrogens (primary N) is 1. The highest BCUT2D eigenvalue weighted by Crippen LogP contribution is 2.24. The topological polar surface area (TPSA) is 69.6 Å². The van der Waals surface area contributed by atoms with Crippen molar-refractivity contribution in [2.75, 3.05) is 5.73 Å². The molecule has 2 N–H and O–H groups in total. The molecule has 0 aliphatic rings. The van der Waals surface area contributed by atoms with Gasteiger partial charge < -0.3 is 5.73 Å². The zero-order chi connectivity index (χ0) is 13.1. The quantitative estimate of drug-likeness (QED) is 0.863. The minimum absolute atomic E-state index is 0.517. The molecule has 2 rings (SSSR count). The molecule has 0 aliphatic heterocycles. The van der Waals surface area contributed by atoms with E-state index in [4.69, 9.17) is 17.3 Å². The van der Waals surface area contributed by atoms with Crippen molar-refractivity contribution in [1.82, 2.24) is 20.2 Å². The zero-order valence-corrected chi connectivity index (χ0v) is 11.2. The fraction of sp³-hybridized carbons (Fsp3) is 0.417. The first-order chi connectivity index (χ1) is 8.60. The Hall–Kier alpha value is -1.62. The number of rotatable bonds is 4. The SMILES string of the molecule is CCC(C)Cn1nnnc1-c1cc(N)cc(Cl)c1. The van der Waals surface area contributed by atoms with Crippen LogP contribution in [0.15, 0.2) is 18.2 Å². The van der Waals surface area contributed by atoms with Crippen molar-refractivity contribution < 1.29 is 0 Å². The highest BCUT2D eigenvalue weighted by atomic mass is 35.5. The molecule has 5 nitrogen and oxygen atoms in total. The summed E-state index contributed by atoms with van der Waals surface area (Å²) in [5, 5.41) is 12.4. The summed E-state index contributed by atoms with van der Waals surface area (Å²) in [6.45, 7) is 5.09. The molecule has 1 aromatic heterocycles. The fourth-order valence-electron chi connectivity index (χ4n) is 1.70. The Balaban J connectivity index is 2.36. The van der Waals surface area contributed by atoms with Crippen LogP contribution < -0.4 is 5.73 Å². The van der Waals surface area contributed by atoms with Gasteiger partial charge >= 0.3 is 0 Å². The highest BCUT2D eigenvalue weighted by Gasteiger charge is 2.12. The van der Waals surface area contributed by atoms with Crippen LogP contribution in [-0.4, -0.2) is 20.2 Å². The third kappa shape index (κ3) is 2.79. The summed E-state index contributed by atoms with van der Waals surface area (Å²) in [5.41, 5.74) is 7.23. The number of nitrogens with zero attached hydrogens (tertiary/aromatic N) is 4. The summed E-state index contributed by atoms with van der Waals surface area (Å²) in [7, 11) is 0. The lowest BCUT2D eigenvalue weighted by atomic mass is 10.1. The molecule has 0 spiro atoms. The molecule has 1 atom stereocenters. The predicted molar refractivity (Wildman–Crippen MR) is 72.1 cm³/mol. The molecule has 0 bridgehead atoms. The van der Waals surface area contributed by atoms with E-state index >= 15 is 0 Å². The molecule has 96 valence electrons. The van der Waals surface area contributed by atoms with Crippen LogP contribution in [0, 0.1) is 5.92 Å². The summed E-state index contributed by atoms with van der Waals surface area (Å²) in [4.78, 5) is 0. The number of hydrogen-bond acceptors (Lipinski definition) is 4. The van der Waals surface area contributed by atoms with Crippen molar-refractivity contribution >= 4 is 17.3 Å². The first-order valence-corrected chi connectivity index (χ1v) is 6.30. The normalized spacial score (nSPS) is 12.6. The van der Waals surface area contributed by atoms with Gasteiger partial charge in [-0.1, -0.05) is 31.9 Å². The number of tetrazole rings is 1. The Morgan fingerprint density at radius 1 is 1.39 bits per heavy atom. The second-order valence-electron chi connectivity index (χ2n) is 4.47. The van der Waals surface area contributed by atoms with E-state index in [9.17, 15) is 0 Å². The van der Waals surface area contributed by atoms with E-state index in [-0.39, 0.29) is 0 Å². The minimum atomic E-state index is 0.517. The molecular weight excluding hydrogens is 250 g/mol. The molecular formula is C12H16ClN5. The van der Waals surface area contributed by atoms with E-state index in [1.165, 1.54) is 0 Å². The molecule has 0 saturated heterocycles. The number of aromatic nitrogens is 4. The molecule has 1 heterocycles. The standard InChI is InChI=1S/C12H16ClN5/c1-3-8(2)7-18-12(15-16-17-18)9-4-10(13)6-11(14)5-9/h4-6,8H,3,7,14H2,1-2H3. The van der Waals surface area contributed by atoms with E-state index in [1.807, 2.05) is 12.1 Å². The van der Waals surface area contributed by atoms with Crippen LogP contribution in [0.2, 0.25) is 5.02 Å². The van der Waals surface area contributed by atoms with Crippen molar-refractivity contribution in [3.8, 4) is 11.4 Å². The monoisotopic (exact) mass is 265 g/mol. The lowest BCUT2D eigenvalue weighted by Crippen LogP contribution is -2.10. The van der Waals surface area contributed by atoms with Gasteiger partial charge in [-0.3, -0.25) is 0 Å². The maximum Gasteiger partial charge on any atom is 0.182 e. The largest absolute Gasteiger partial charge is 0.399 e. The number of nitrogen functional groups attached to an aromatic ring is 1. The van der Waals surface area contributed by atoms with Crippen molar-refractivity contribution in [2.45, 2.75) is 26.8 Å². The molecule has 0 aliphatic carbocycles. The Morgan fingerprint density at radius 2 is 2.17 bits per heavy atom. The minimum Gasteiger partial charge on any atom is -0.399 e. The van der Waals surface area contributed by atoms with Crippen LogP contribution in [0.25, 0.3) is 11.4 Å². The lowest BCUT2D eigenvalue weighted by molar-refractivity contribution is 0.434. The fourth-order valence-corrected chi connectivity index (χ4v) is 1.94. The molecule has 0 amide bonds. The number of halogens is 1. The van der Waals surface area contributed by atoms with Gasteiger partial charge in [-0.15, -0.1) is 5.10 Å². The van der Waals surface area contributed by atoms with Gasteiger partial charge in [0.1, 0.15) is 0 Å². The summed E-state index contributed by atoms with van der Waals surface area (Å²) in [6, 6.07) is 5.34. The van der Waals surface area contributed by atoms with Crippen LogP contribution in [0.1, 0.15) is 20.3 Å². The highest BCUT2D eigenvalue weighted by molar-refractivity contribution is 6.31. The smallest absolute Gasteiger partial charge is 0.182 e. The Kier molecular flexibility index (Phi) is 3.81. The number of anilines is 1. The van der Waals surface area contributed by atoms with Gasteiger partial charge in [-0.25, -0.2) is 4.68 Å². The van der Waals surface area contributed by atoms with Crippen molar-refractivity contribution in [3.05, 3.63) is 23.2 Å². The van der Waals surface area contributed by atoms with Crippen LogP contribution in [0.5, 0.6) is 0 Å². The summed E-state index contributed by atoms with van der Waals surface area (Å²) >= 11 is 5.99. The number of hydrogen-bond donors (Lipinski definition) is 1. The van der Waals surface area contributed by atoms with Gasteiger partial charge in [0.2, 0.25) is 0 Å². The van der Waals surface area contributed by atoms with Crippen LogP contribution in [-0.2, 0) is 6.54 Å². The van der Waals surface area contributed by atoms with Gasteiger partial charge in [0.25, 0.3) is 0 Å². The average Bonchev–Trinajstić information content (AvgIpc) is 2.75. The molecule has 6 heteroatoms. The van der Waals surface area contributed by atoms with E-state index in [2.05, 4.69) is 29.4 Å². The second kappa shape index (κ2) is 5.35. The molecule has 2 aromatic rings. The van der Waals surface area contributed by atoms with E-state index in [0.717, 1.165) is 18.5 Å². The predicted octanol–water partition coefficient (Wildman–Crippen LogP) is 2.62. The summed E-state index contributed by atoms with van der Waals surface area (Å²) in [5.74, 6) is 1.22. The van der Waals surface area contributed by atoms with E-state index < -0.39 is 0 Å². The molecule has 0 radical (unpaired) electrons. The molecule has 18 heavy (non-hydrogen) atoms. The van der Waals surface area contributed by atoms with Gasteiger partial charge in [0.05, 0.1) is 0 Å². The van der Waals surface area contributed by atoms with Crippen molar-refractivity contribution in [3.63, 3.8) is 0 Å². The van der Waals surface area contributed by atoms with Crippen LogP contribution >= 0.6 is 11.6 Å². The lowest BCUT2D eigenvalue weighted by Gasteiger charge is -2.10. The molecule has 1 aromatic carbocycles. The molecule has 0 fully saturated rings. The van der Waals surface area contributed by atoms with E-state index in [0.29, 0.717) is 22.5 Å². The Labute approximate surface area is 111 Å².